The summed E-state index contributed by atoms with van der Waals surface area (Å²) < 4.78 is 80.1. The molecule has 2 N–H and O–H groups in total. The number of carbonyl (C=O) groups excluding carboxylic acids is 1. The number of nitrogens with two attached hydrogens (primary N) is 1. The lowest BCUT2D eigenvalue weighted by molar-refractivity contribution is -0.150. The zero-order valence-corrected chi connectivity index (χ0v) is 14.9. The lowest BCUT2D eigenvalue weighted by atomic mass is 10.1. The quantitative estimate of drug-likeness (QED) is 0.505. The van der Waals surface area contributed by atoms with Gasteiger partial charge >= 0.3 is 12.4 Å². The highest BCUT2D eigenvalue weighted by Gasteiger charge is 2.39. The fraction of sp³-hybridized carbons (Fsp3) is 0.188. The number of hydrogen-bond donors (Lipinski definition) is 1. The van der Waals surface area contributed by atoms with Crippen LogP contribution in [-0.4, -0.2) is 35.4 Å². The van der Waals surface area contributed by atoms with Crippen LogP contribution in [0, 0.1) is 0 Å². The van der Waals surface area contributed by atoms with Crippen LogP contribution in [-0.2, 0) is 24.2 Å². The molecule has 0 unspecified atom stereocenters. The van der Waals surface area contributed by atoms with Crippen molar-refractivity contribution in [2.45, 2.75) is 12.4 Å². The van der Waals surface area contributed by atoms with Crippen LogP contribution in [0.4, 0.5) is 26.3 Å². The molecule has 3 rings (SSSR count). The molecule has 0 fully saturated rings. The summed E-state index contributed by atoms with van der Waals surface area (Å²) in [7, 11) is 1.59. The summed E-state index contributed by atoms with van der Waals surface area (Å²) >= 11 is 0. The Morgan fingerprint density at radius 1 is 1.10 bits per heavy atom. The molecule has 0 atom stereocenters. The van der Waals surface area contributed by atoms with E-state index in [-0.39, 0.29) is 5.57 Å². The Hall–Kier alpha value is -3.71. The van der Waals surface area contributed by atoms with Gasteiger partial charge in [0, 0.05) is 30.6 Å². The monoisotopic (exact) mass is 431 g/mol. The second-order valence-corrected chi connectivity index (χ2v) is 5.98. The Labute approximate surface area is 163 Å². The number of carbonyl (C=O) groups is 1. The van der Waals surface area contributed by atoms with Crippen LogP contribution in [0.5, 0.6) is 0 Å². The Kier molecular flexibility index (Phi) is 5.09. The first-order valence-electron chi connectivity index (χ1n) is 7.93. The Bertz CT molecular complexity index is 1090. The van der Waals surface area contributed by atoms with Crippen molar-refractivity contribution >= 4 is 17.7 Å². The van der Waals surface area contributed by atoms with E-state index in [1.54, 1.807) is 7.05 Å². The molecule has 158 valence electrons. The van der Waals surface area contributed by atoms with Crippen LogP contribution in [0.25, 0.3) is 23.2 Å². The largest absolute Gasteiger partial charge is 0.433 e. The Balaban J connectivity index is 2.06. The molecule has 3 aromatic heterocycles. The van der Waals surface area contributed by atoms with Crippen molar-refractivity contribution in [1.29, 1.82) is 0 Å². The van der Waals surface area contributed by atoms with Gasteiger partial charge in [0.05, 0.1) is 11.8 Å². The zero-order chi connectivity index (χ0) is 22.3. The number of primary amides is 1. The smallest absolute Gasteiger partial charge is 0.366 e. The van der Waals surface area contributed by atoms with E-state index >= 15 is 0 Å². The van der Waals surface area contributed by atoms with Crippen molar-refractivity contribution in [2.24, 2.45) is 12.8 Å². The predicted molar refractivity (Wildman–Crippen MR) is 89.8 cm³/mol. The third kappa shape index (κ3) is 4.47. The van der Waals surface area contributed by atoms with Crippen LogP contribution in [0.3, 0.4) is 0 Å². The van der Waals surface area contributed by atoms with E-state index in [2.05, 4.69) is 20.2 Å². The average Bonchev–Trinajstić information content (AvgIpc) is 3.26. The molecule has 0 bridgehead atoms. The van der Waals surface area contributed by atoms with Gasteiger partial charge in [0.25, 0.3) is 5.91 Å². The number of hydrogen-bond acceptors (Lipinski definition) is 5. The van der Waals surface area contributed by atoms with Gasteiger partial charge in [-0.3, -0.25) is 9.48 Å². The lowest BCUT2D eigenvalue weighted by Crippen LogP contribution is -2.15. The summed E-state index contributed by atoms with van der Waals surface area (Å²) in [5, 5.41) is 7.70. The van der Waals surface area contributed by atoms with E-state index in [0.717, 1.165) is 17.2 Å². The average molecular weight is 431 g/mol. The number of pyridine rings is 1. The van der Waals surface area contributed by atoms with Crippen molar-refractivity contribution in [3.63, 3.8) is 0 Å². The molecule has 8 nitrogen and oxygen atoms in total. The summed E-state index contributed by atoms with van der Waals surface area (Å²) in [6, 6.07) is 0.795. The second kappa shape index (κ2) is 7.27. The normalized spacial score (nSPS) is 13.0. The van der Waals surface area contributed by atoms with Crippen molar-refractivity contribution < 1.29 is 31.1 Å². The maximum absolute atomic E-state index is 13.0. The van der Waals surface area contributed by atoms with E-state index in [1.165, 1.54) is 17.1 Å². The third-order valence-corrected chi connectivity index (χ3v) is 3.72. The molecule has 0 aromatic carbocycles. The topological polar surface area (TPSA) is 105 Å². The molecule has 3 aromatic rings. The van der Waals surface area contributed by atoms with E-state index in [9.17, 15) is 31.1 Å². The first-order chi connectivity index (χ1) is 13.8. The third-order valence-electron chi connectivity index (χ3n) is 3.72. The molecular formula is C16H11F6N7O. The van der Waals surface area contributed by atoms with E-state index in [4.69, 9.17) is 5.73 Å². The van der Waals surface area contributed by atoms with Gasteiger partial charge in [-0.15, -0.1) is 5.10 Å². The molecule has 0 aliphatic rings. The molecule has 0 aliphatic heterocycles. The number of aryl methyl sites for hydroxylation is 1. The summed E-state index contributed by atoms with van der Waals surface area (Å²) in [4.78, 5) is 18.0. The molecule has 0 saturated carbocycles. The number of nitrogens with zero attached hydrogens (tertiary/aromatic N) is 6. The van der Waals surface area contributed by atoms with Gasteiger partial charge in [0.1, 0.15) is 17.7 Å². The minimum Gasteiger partial charge on any atom is -0.366 e. The van der Waals surface area contributed by atoms with E-state index in [1.807, 2.05) is 0 Å². The van der Waals surface area contributed by atoms with Crippen LogP contribution in [0.15, 0.2) is 30.9 Å². The molecule has 0 radical (unpaired) electrons. The number of rotatable bonds is 4. The van der Waals surface area contributed by atoms with Crippen molar-refractivity contribution in [3.8, 4) is 11.4 Å². The molecular weight excluding hydrogens is 420 g/mol. The molecule has 0 saturated heterocycles. The van der Waals surface area contributed by atoms with Crippen molar-refractivity contribution in [3.05, 3.63) is 47.8 Å². The van der Waals surface area contributed by atoms with Gasteiger partial charge in [-0.2, -0.15) is 31.4 Å². The fourth-order valence-electron chi connectivity index (χ4n) is 2.39. The predicted octanol–water partition coefficient (Wildman–Crippen LogP) is 2.59. The fourth-order valence-corrected chi connectivity index (χ4v) is 2.39. The standard InChI is InChI=1S/C16H11F6N7O/c1-28-5-9(4-25-28)10(13(23)30)6-29-7-24-14(27-29)8-2-11(15(17,18)19)26-12(3-8)16(20,21)22/h2-7H,1H3,(H2,23,30)/b10-6+. The maximum atomic E-state index is 13.0. The van der Waals surface area contributed by atoms with Crippen LogP contribution in [0.2, 0.25) is 0 Å². The van der Waals surface area contributed by atoms with Crippen LogP contribution in [0.1, 0.15) is 17.0 Å². The second-order valence-electron chi connectivity index (χ2n) is 5.98. The molecule has 0 spiro atoms. The van der Waals surface area contributed by atoms with E-state index < -0.39 is 41.0 Å². The highest BCUT2D eigenvalue weighted by molar-refractivity contribution is 6.22. The molecule has 0 aliphatic carbocycles. The summed E-state index contributed by atoms with van der Waals surface area (Å²) in [6.07, 6.45) is -5.30. The van der Waals surface area contributed by atoms with Gasteiger partial charge < -0.3 is 5.73 Å². The van der Waals surface area contributed by atoms with E-state index in [0.29, 0.717) is 17.7 Å². The molecule has 3 heterocycles. The summed E-state index contributed by atoms with van der Waals surface area (Å²) in [5.41, 5.74) is 1.54. The van der Waals surface area contributed by atoms with Crippen LogP contribution >= 0.6 is 0 Å². The first-order valence-corrected chi connectivity index (χ1v) is 7.93. The van der Waals surface area contributed by atoms with Gasteiger partial charge in [0.2, 0.25) is 0 Å². The Morgan fingerprint density at radius 3 is 2.17 bits per heavy atom. The van der Waals surface area contributed by atoms with Gasteiger partial charge in [-0.1, -0.05) is 0 Å². The lowest BCUT2D eigenvalue weighted by Gasteiger charge is -2.11. The highest BCUT2D eigenvalue weighted by atomic mass is 19.4. The van der Waals surface area contributed by atoms with Crippen LogP contribution < -0.4 is 5.73 Å². The van der Waals surface area contributed by atoms with Crippen molar-refractivity contribution in [2.75, 3.05) is 0 Å². The summed E-state index contributed by atoms with van der Waals surface area (Å²) in [5.74, 6) is -1.30. The number of halogens is 6. The number of aromatic nitrogens is 6. The SMILES string of the molecule is Cn1cc(/C(=C\n2cnc(-c3cc(C(F)(F)F)nc(C(F)(F)F)c3)n2)C(N)=O)cn1. The zero-order valence-electron chi connectivity index (χ0n) is 14.9. The molecule has 14 heteroatoms. The van der Waals surface area contributed by atoms with Crippen molar-refractivity contribution in [1.82, 2.24) is 29.5 Å². The number of amides is 1. The minimum absolute atomic E-state index is 0.0544. The Morgan fingerprint density at radius 2 is 1.70 bits per heavy atom. The van der Waals surface area contributed by atoms with Gasteiger partial charge in [-0.25, -0.2) is 14.6 Å². The number of alkyl halides is 6. The maximum Gasteiger partial charge on any atom is 0.433 e. The summed E-state index contributed by atoms with van der Waals surface area (Å²) in [6.45, 7) is 0. The van der Waals surface area contributed by atoms with Gasteiger partial charge in [-0.05, 0) is 12.1 Å². The minimum atomic E-state index is -5.11. The molecule has 1 amide bonds. The molecule has 30 heavy (non-hydrogen) atoms. The first kappa shape index (κ1) is 21.0. The highest BCUT2D eigenvalue weighted by Crippen LogP contribution is 2.35. The van der Waals surface area contributed by atoms with Gasteiger partial charge in [0.15, 0.2) is 5.82 Å².